The molecule has 1 fully saturated rings. The molecule has 0 unspecified atom stereocenters. The van der Waals surface area contributed by atoms with E-state index in [1.165, 1.54) is 11.3 Å². The van der Waals surface area contributed by atoms with Crippen LogP contribution in [0.4, 0.5) is 10.8 Å². The zero-order valence-corrected chi connectivity index (χ0v) is 19.6. The Kier molecular flexibility index (Phi) is 6.12. The van der Waals surface area contributed by atoms with Crippen LogP contribution in [-0.4, -0.2) is 38.8 Å². The molecule has 1 aliphatic heterocycles. The third kappa shape index (κ3) is 4.44. The number of imidazole rings is 1. The van der Waals surface area contributed by atoms with Gasteiger partial charge in [0.25, 0.3) is 5.91 Å². The predicted octanol–water partition coefficient (Wildman–Crippen LogP) is 4.54. The van der Waals surface area contributed by atoms with E-state index in [2.05, 4.69) is 9.97 Å². The first-order valence-corrected chi connectivity index (χ1v) is 12.0. The summed E-state index contributed by atoms with van der Waals surface area (Å²) in [6.45, 7) is 1.12. The average Bonchev–Trinajstić information content (AvgIpc) is 3.56. The number of benzene rings is 2. The van der Waals surface area contributed by atoms with Crippen molar-refractivity contribution in [2.24, 2.45) is 0 Å². The zero-order chi connectivity index (χ0) is 23.7. The number of nitrogens with zero attached hydrogens (tertiary/aromatic N) is 5. The molecule has 1 saturated heterocycles. The van der Waals surface area contributed by atoms with Gasteiger partial charge in [0.1, 0.15) is 0 Å². The van der Waals surface area contributed by atoms with Crippen molar-refractivity contribution in [3.05, 3.63) is 71.8 Å². The summed E-state index contributed by atoms with van der Waals surface area (Å²) in [5.41, 5.74) is 1.55. The lowest BCUT2D eigenvalue weighted by Gasteiger charge is -2.21. The molecule has 5 rings (SSSR count). The van der Waals surface area contributed by atoms with E-state index < -0.39 is 0 Å². The second-order valence-corrected chi connectivity index (χ2v) is 9.34. The number of hydrogen-bond donors (Lipinski definition) is 0. The minimum absolute atomic E-state index is 0.186. The quantitative estimate of drug-likeness (QED) is 0.353. The fourth-order valence-corrected chi connectivity index (χ4v) is 5.18. The molecule has 2 aromatic heterocycles. The highest BCUT2D eigenvalue weighted by atomic mass is 35.5. The van der Waals surface area contributed by atoms with Crippen LogP contribution in [0.2, 0.25) is 5.02 Å². The van der Waals surface area contributed by atoms with Crippen molar-refractivity contribution in [2.75, 3.05) is 16.3 Å². The van der Waals surface area contributed by atoms with Gasteiger partial charge in [0.2, 0.25) is 11.8 Å². The van der Waals surface area contributed by atoms with Crippen LogP contribution < -0.4 is 9.80 Å². The standard InChI is InChI=1S/C24H20ClN5O3S/c25-17-5-6-19-20(14-17)34-24(27-19)29(11-2-10-28-12-9-26-15-28)23(33)16-3-1-4-18(13-16)30-21(31)7-8-22(30)32/h1,3-6,9,12-15H,2,7-8,10-11H2. The number of fused-ring (bicyclic) bond motifs is 1. The topological polar surface area (TPSA) is 88.4 Å². The van der Waals surface area contributed by atoms with Gasteiger partial charge in [0.05, 0.1) is 22.2 Å². The summed E-state index contributed by atoms with van der Waals surface area (Å²) in [6.07, 6.45) is 6.38. The summed E-state index contributed by atoms with van der Waals surface area (Å²) in [4.78, 5) is 49.6. The van der Waals surface area contributed by atoms with Crippen LogP contribution >= 0.6 is 22.9 Å². The summed E-state index contributed by atoms with van der Waals surface area (Å²) >= 11 is 7.53. The van der Waals surface area contributed by atoms with Gasteiger partial charge < -0.3 is 4.57 Å². The number of aryl methyl sites for hydroxylation is 1. The third-order valence-corrected chi connectivity index (χ3v) is 6.85. The Balaban J connectivity index is 1.46. The molecule has 0 spiro atoms. The minimum Gasteiger partial charge on any atom is -0.337 e. The zero-order valence-electron chi connectivity index (χ0n) is 18.1. The number of imide groups is 1. The van der Waals surface area contributed by atoms with Crippen molar-refractivity contribution >= 4 is 61.7 Å². The van der Waals surface area contributed by atoms with Gasteiger partial charge >= 0.3 is 0 Å². The molecule has 10 heteroatoms. The van der Waals surface area contributed by atoms with Crippen LogP contribution in [0.3, 0.4) is 0 Å². The SMILES string of the molecule is O=C(c1cccc(N2C(=O)CCC2=O)c1)N(CCCn1ccnc1)c1nc2ccc(Cl)cc2s1. The smallest absolute Gasteiger partial charge is 0.260 e. The highest BCUT2D eigenvalue weighted by molar-refractivity contribution is 7.22. The number of carbonyl (C=O) groups is 3. The highest BCUT2D eigenvalue weighted by Gasteiger charge is 2.31. The molecule has 8 nitrogen and oxygen atoms in total. The summed E-state index contributed by atoms with van der Waals surface area (Å²) in [5.74, 6) is -0.763. The van der Waals surface area contributed by atoms with E-state index in [1.54, 1.807) is 47.8 Å². The average molecular weight is 494 g/mol. The lowest BCUT2D eigenvalue weighted by atomic mass is 10.1. The molecular weight excluding hydrogens is 474 g/mol. The Morgan fingerprint density at radius 3 is 2.71 bits per heavy atom. The number of amides is 3. The van der Waals surface area contributed by atoms with Crippen LogP contribution in [0.1, 0.15) is 29.6 Å². The number of hydrogen-bond acceptors (Lipinski definition) is 6. The maximum atomic E-state index is 13.7. The van der Waals surface area contributed by atoms with Crippen LogP contribution in [0.5, 0.6) is 0 Å². The van der Waals surface area contributed by atoms with Gasteiger partial charge in [-0.15, -0.1) is 0 Å². The van der Waals surface area contributed by atoms with E-state index in [-0.39, 0.29) is 30.6 Å². The molecule has 0 bridgehead atoms. The molecule has 3 amide bonds. The number of thiazole rings is 1. The van der Waals surface area contributed by atoms with Crippen molar-refractivity contribution < 1.29 is 14.4 Å². The van der Waals surface area contributed by atoms with E-state index in [4.69, 9.17) is 11.6 Å². The van der Waals surface area contributed by atoms with Crippen molar-refractivity contribution in [1.82, 2.24) is 14.5 Å². The summed E-state index contributed by atoms with van der Waals surface area (Å²) in [6, 6.07) is 12.1. The van der Waals surface area contributed by atoms with Crippen molar-refractivity contribution in [2.45, 2.75) is 25.8 Å². The monoisotopic (exact) mass is 493 g/mol. The van der Waals surface area contributed by atoms with Crippen LogP contribution in [0, 0.1) is 0 Å². The van der Waals surface area contributed by atoms with Gasteiger partial charge in [-0.1, -0.05) is 29.0 Å². The first kappa shape index (κ1) is 22.2. The predicted molar refractivity (Wildman–Crippen MR) is 131 cm³/mol. The molecule has 0 saturated carbocycles. The Morgan fingerprint density at radius 1 is 1.12 bits per heavy atom. The van der Waals surface area contributed by atoms with Crippen LogP contribution in [0.15, 0.2) is 61.2 Å². The lowest BCUT2D eigenvalue weighted by molar-refractivity contribution is -0.121. The number of halogens is 1. The van der Waals surface area contributed by atoms with E-state index in [0.717, 1.165) is 15.1 Å². The first-order valence-electron chi connectivity index (χ1n) is 10.8. The molecule has 0 atom stereocenters. The van der Waals surface area contributed by atoms with Gasteiger partial charge in [0.15, 0.2) is 5.13 Å². The lowest BCUT2D eigenvalue weighted by Crippen LogP contribution is -2.33. The fourth-order valence-electron chi connectivity index (χ4n) is 3.91. The second kappa shape index (κ2) is 9.36. The van der Waals surface area contributed by atoms with Gasteiger partial charge in [-0.3, -0.25) is 24.2 Å². The largest absolute Gasteiger partial charge is 0.337 e. The number of anilines is 2. The molecule has 172 valence electrons. The Bertz CT molecular complexity index is 1370. The number of rotatable bonds is 7. The van der Waals surface area contributed by atoms with Crippen LogP contribution in [-0.2, 0) is 16.1 Å². The molecule has 1 aliphatic rings. The van der Waals surface area contributed by atoms with Gasteiger partial charge in [0, 0.05) is 48.9 Å². The molecule has 0 radical (unpaired) electrons. The molecule has 2 aromatic carbocycles. The Hall–Kier alpha value is -3.56. The number of aromatic nitrogens is 3. The summed E-state index contributed by atoms with van der Waals surface area (Å²) in [7, 11) is 0. The summed E-state index contributed by atoms with van der Waals surface area (Å²) in [5, 5.41) is 1.17. The molecule has 3 heterocycles. The second-order valence-electron chi connectivity index (χ2n) is 7.89. The van der Waals surface area contributed by atoms with Crippen molar-refractivity contribution in [1.29, 1.82) is 0 Å². The maximum Gasteiger partial charge on any atom is 0.260 e. The fraction of sp³-hybridized carbons (Fsp3) is 0.208. The van der Waals surface area contributed by atoms with Gasteiger partial charge in [-0.2, -0.15) is 0 Å². The minimum atomic E-state index is -0.255. The first-order chi connectivity index (χ1) is 16.5. The van der Waals surface area contributed by atoms with Gasteiger partial charge in [-0.05, 0) is 42.8 Å². The molecular formula is C24H20ClN5O3S. The molecule has 0 N–H and O–H groups in total. The maximum absolute atomic E-state index is 13.7. The van der Waals surface area contributed by atoms with E-state index in [0.29, 0.717) is 40.9 Å². The molecule has 34 heavy (non-hydrogen) atoms. The van der Waals surface area contributed by atoms with Crippen molar-refractivity contribution in [3.8, 4) is 0 Å². The van der Waals surface area contributed by atoms with E-state index >= 15 is 0 Å². The number of carbonyl (C=O) groups excluding carboxylic acids is 3. The normalized spacial score (nSPS) is 13.7. The Labute approximate surface area is 204 Å². The van der Waals surface area contributed by atoms with E-state index in [9.17, 15) is 14.4 Å². The molecule has 0 aliphatic carbocycles. The molecule has 4 aromatic rings. The summed E-state index contributed by atoms with van der Waals surface area (Å²) < 4.78 is 2.84. The van der Waals surface area contributed by atoms with Crippen LogP contribution in [0.25, 0.3) is 10.2 Å². The van der Waals surface area contributed by atoms with E-state index in [1.807, 2.05) is 22.9 Å². The Morgan fingerprint density at radius 2 is 1.94 bits per heavy atom. The third-order valence-electron chi connectivity index (χ3n) is 5.58. The van der Waals surface area contributed by atoms with Crippen molar-refractivity contribution in [3.63, 3.8) is 0 Å². The highest BCUT2D eigenvalue weighted by Crippen LogP contribution is 2.32. The van der Waals surface area contributed by atoms with Gasteiger partial charge in [-0.25, -0.2) is 9.97 Å².